The van der Waals surface area contributed by atoms with Crippen molar-refractivity contribution < 1.29 is 14.3 Å². The molecular formula is C28H26Cl2N2O3S. The minimum absolute atomic E-state index is 0.0796. The lowest BCUT2D eigenvalue weighted by Crippen LogP contribution is -2.27. The summed E-state index contributed by atoms with van der Waals surface area (Å²) in [4.78, 5) is 29.6. The molecule has 5 nitrogen and oxygen atoms in total. The highest BCUT2D eigenvalue weighted by molar-refractivity contribution is 8.18. The lowest BCUT2D eigenvalue weighted by molar-refractivity contribution is -0.123. The fraction of sp³-hybridized carbons (Fsp3) is 0.214. The second-order valence-corrected chi connectivity index (χ2v) is 10.0. The van der Waals surface area contributed by atoms with Crippen LogP contribution in [0.1, 0.15) is 30.5 Å². The van der Waals surface area contributed by atoms with E-state index in [4.69, 9.17) is 27.9 Å². The Labute approximate surface area is 225 Å². The molecule has 0 bridgehead atoms. The standard InChI is InChI=1S/C28H26Cl2N2O3S/c1-3-31(4-2)23-13-11-20(25(16-23)35-18-19-8-6-5-7-9-19)14-26-27(33)32(28(34)36-26)17-21-10-12-22(29)15-24(21)30/h5-16H,3-4,17-18H2,1-2H3/b26-14-. The largest absolute Gasteiger partial charge is 0.488 e. The van der Waals surface area contributed by atoms with Crippen molar-refractivity contribution in [3.8, 4) is 5.75 Å². The number of imide groups is 1. The summed E-state index contributed by atoms with van der Waals surface area (Å²) in [5.74, 6) is 0.286. The van der Waals surface area contributed by atoms with Crippen molar-refractivity contribution >= 4 is 57.9 Å². The van der Waals surface area contributed by atoms with Crippen molar-refractivity contribution in [3.05, 3.63) is 98.4 Å². The Morgan fingerprint density at radius 2 is 1.72 bits per heavy atom. The van der Waals surface area contributed by atoms with Crippen LogP contribution in [0.2, 0.25) is 10.0 Å². The average Bonchev–Trinajstić information content (AvgIpc) is 3.14. The Kier molecular flexibility index (Phi) is 8.62. The Hall–Kier alpha value is -2.93. The monoisotopic (exact) mass is 540 g/mol. The number of carbonyl (C=O) groups excluding carboxylic acids is 2. The molecule has 8 heteroatoms. The van der Waals surface area contributed by atoms with Crippen LogP contribution >= 0.6 is 35.0 Å². The average molecular weight is 542 g/mol. The molecule has 0 saturated carbocycles. The first-order valence-corrected chi connectivity index (χ1v) is 13.2. The van der Waals surface area contributed by atoms with Gasteiger partial charge >= 0.3 is 0 Å². The van der Waals surface area contributed by atoms with Crippen LogP contribution in [-0.4, -0.2) is 29.1 Å². The molecule has 2 amide bonds. The van der Waals surface area contributed by atoms with Crippen LogP contribution in [0.4, 0.5) is 10.5 Å². The van der Waals surface area contributed by atoms with E-state index >= 15 is 0 Å². The first-order valence-electron chi connectivity index (χ1n) is 11.6. The first kappa shape index (κ1) is 26.1. The van der Waals surface area contributed by atoms with E-state index in [1.165, 1.54) is 4.90 Å². The smallest absolute Gasteiger partial charge is 0.293 e. The number of ether oxygens (including phenoxy) is 1. The molecule has 1 fully saturated rings. The number of hydrogen-bond acceptors (Lipinski definition) is 5. The van der Waals surface area contributed by atoms with Crippen molar-refractivity contribution in [2.24, 2.45) is 0 Å². The zero-order valence-electron chi connectivity index (χ0n) is 20.0. The van der Waals surface area contributed by atoms with Crippen LogP contribution in [0.5, 0.6) is 5.75 Å². The number of benzene rings is 3. The van der Waals surface area contributed by atoms with Crippen molar-refractivity contribution in [2.45, 2.75) is 27.0 Å². The van der Waals surface area contributed by atoms with Gasteiger partial charge in [-0.3, -0.25) is 14.5 Å². The molecule has 0 unspecified atom stereocenters. The van der Waals surface area contributed by atoms with Crippen LogP contribution in [0, 0.1) is 0 Å². The number of hydrogen-bond donors (Lipinski definition) is 0. The molecule has 186 valence electrons. The number of carbonyl (C=O) groups is 2. The molecule has 0 atom stereocenters. The summed E-state index contributed by atoms with van der Waals surface area (Å²) in [6, 6.07) is 20.8. The van der Waals surface area contributed by atoms with Crippen LogP contribution in [0.3, 0.4) is 0 Å². The van der Waals surface area contributed by atoms with Gasteiger partial charge in [-0.15, -0.1) is 0 Å². The maximum absolute atomic E-state index is 13.2. The van der Waals surface area contributed by atoms with Gasteiger partial charge in [0.1, 0.15) is 12.4 Å². The van der Waals surface area contributed by atoms with E-state index in [1.54, 1.807) is 24.3 Å². The van der Waals surface area contributed by atoms with Crippen LogP contribution in [0.15, 0.2) is 71.6 Å². The van der Waals surface area contributed by atoms with Gasteiger partial charge in [-0.05, 0) is 67.1 Å². The van der Waals surface area contributed by atoms with Crippen molar-refractivity contribution in [3.63, 3.8) is 0 Å². The fourth-order valence-electron chi connectivity index (χ4n) is 3.89. The molecule has 1 saturated heterocycles. The van der Waals surface area contributed by atoms with E-state index in [-0.39, 0.29) is 17.7 Å². The number of thioether (sulfide) groups is 1. The van der Waals surface area contributed by atoms with E-state index in [1.807, 2.05) is 48.5 Å². The van der Waals surface area contributed by atoms with Crippen molar-refractivity contribution in [1.29, 1.82) is 0 Å². The summed E-state index contributed by atoms with van der Waals surface area (Å²) < 4.78 is 6.20. The summed E-state index contributed by atoms with van der Waals surface area (Å²) in [7, 11) is 0. The van der Waals surface area contributed by atoms with Crippen LogP contribution < -0.4 is 9.64 Å². The molecule has 0 aromatic heterocycles. The summed E-state index contributed by atoms with van der Waals surface area (Å²) in [5, 5.41) is 0.562. The molecular weight excluding hydrogens is 515 g/mol. The van der Waals surface area contributed by atoms with Crippen LogP contribution in [-0.2, 0) is 17.9 Å². The second-order valence-electron chi connectivity index (χ2n) is 8.17. The molecule has 3 aromatic rings. The summed E-state index contributed by atoms with van der Waals surface area (Å²) in [6.45, 7) is 6.40. The van der Waals surface area contributed by atoms with Gasteiger partial charge < -0.3 is 9.64 Å². The maximum atomic E-state index is 13.2. The van der Waals surface area contributed by atoms with Gasteiger partial charge in [-0.2, -0.15) is 0 Å². The zero-order valence-corrected chi connectivity index (χ0v) is 22.4. The lowest BCUT2D eigenvalue weighted by Gasteiger charge is -2.22. The molecule has 36 heavy (non-hydrogen) atoms. The summed E-state index contributed by atoms with van der Waals surface area (Å²) in [6.07, 6.45) is 1.72. The normalized spacial score (nSPS) is 14.6. The van der Waals surface area contributed by atoms with Gasteiger partial charge in [0.25, 0.3) is 11.1 Å². The van der Waals surface area contributed by atoms with E-state index in [2.05, 4.69) is 18.7 Å². The fourth-order valence-corrected chi connectivity index (χ4v) is 5.18. The highest BCUT2D eigenvalue weighted by atomic mass is 35.5. The molecule has 0 radical (unpaired) electrons. The predicted molar refractivity (Wildman–Crippen MR) is 149 cm³/mol. The van der Waals surface area contributed by atoms with E-state index < -0.39 is 0 Å². The molecule has 3 aromatic carbocycles. The van der Waals surface area contributed by atoms with Gasteiger partial charge in [-0.25, -0.2) is 0 Å². The molecule has 1 heterocycles. The Bertz CT molecular complexity index is 1290. The number of anilines is 1. The molecule has 4 rings (SSSR count). The Morgan fingerprint density at radius 1 is 0.972 bits per heavy atom. The van der Waals surface area contributed by atoms with Crippen molar-refractivity contribution in [1.82, 2.24) is 4.90 Å². The highest BCUT2D eigenvalue weighted by Gasteiger charge is 2.35. The highest BCUT2D eigenvalue weighted by Crippen LogP contribution is 2.37. The Morgan fingerprint density at radius 3 is 2.42 bits per heavy atom. The molecule has 1 aliphatic rings. The molecule has 0 aliphatic carbocycles. The van der Waals surface area contributed by atoms with E-state index in [0.717, 1.165) is 41.7 Å². The number of rotatable bonds is 9. The quantitative estimate of drug-likeness (QED) is 0.261. The zero-order chi connectivity index (χ0) is 25.7. The molecule has 0 N–H and O–H groups in total. The predicted octanol–water partition coefficient (Wildman–Crippen LogP) is 7.66. The number of halogens is 2. The van der Waals surface area contributed by atoms with Gasteiger partial charge in [0.05, 0.1) is 11.4 Å². The number of nitrogens with zero attached hydrogens (tertiary/aromatic N) is 2. The second kappa shape index (κ2) is 11.9. The first-order chi connectivity index (χ1) is 17.4. The van der Waals surface area contributed by atoms with Crippen molar-refractivity contribution in [2.75, 3.05) is 18.0 Å². The minimum atomic E-state index is -0.363. The Balaban J connectivity index is 1.61. The van der Waals surface area contributed by atoms with Gasteiger partial charge in [0.2, 0.25) is 0 Å². The van der Waals surface area contributed by atoms with Gasteiger partial charge in [-0.1, -0.05) is 59.6 Å². The van der Waals surface area contributed by atoms with E-state index in [9.17, 15) is 9.59 Å². The third-order valence-electron chi connectivity index (χ3n) is 5.87. The van der Waals surface area contributed by atoms with Gasteiger partial charge in [0.15, 0.2) is 0 Å². The summed E-state index contributed by atoms with van der Waals surface area (Å²) in [5.41, 5.74) is 3.46. The van der Waals surface area contributed by atoms with Gasteiger partial charge in [0, 0.05) is 40.5 Å². The third kappa shape index (κ3) is 6.06. The molecule has 1 aliphatic heterocycles. The van der Waals surface area contributed by atoms with E-state index in [0.29, 0.717) is 32.9 Å². The number of amides is 2. The topological polar surface area (TPSA) is 49.9 Å². The van der Waals surface area contributed by atoms with Crippen LogP contribution in [0.25, 0.3) is 6.08 Å². The molecule has 0 spiro atoms. The SMILES string of the molecule is CCN(CC)c1ccc(/C=C2\SC(=O)N(Cc3ccc(Cl)cc3Cl)C2=O)c(OCc2ccccc2)c1. The summed E-state index contributed by atoms with van der Waals surface area (Å²) >= 11 is 13.1. The third-order valence-corrected chi connectivity index (χ3v) is 7.36. The lowest BCUT2D eigenvalue weighted by atomic mass is 10.1. The minimum Gasteiger partial charge on any atom is -0.488 e. The maximum Gasteiger partial charge on any atom is 0.293 e.